The zero-order valence-electron chi connectivity index (χ0n) is 44.5. The molecule has 80 heavy (non-hydrogen) atoms. The zero-order valence-corrected chi connectivity index (χ0v) is 46.9. The largest absolute Gasteiger partial charge is 0.508 e. The fraction of sp³-hybridized carbons (Fsp3) is 0.400. The first-order chi connectivity index (χ1) is 37.9. The third kappa shape index (κ3) is 20.1. The van der Waals surface area contributed by atoms with E-state index in [2.05, 4.69) is 37.2 Å². The van der Waals surface area contributed by atoms with E-state index in [0.717, 1.165) is 21.6 Å². The molecule has 1 saturated heterocycles. The predicted octanol–water partition coefficient (Wildman–Crippen LogP) is 0.897. The van der Waals surface area contributed by atoms with E-state index in [9.17, 15) is 53.4 Å². The van der Waals surface area contributed by atoms with Crippen molar-refractivity contribution in [3.63, 3.8) is 0 Å². The predicted molar refractivity (Wildman–Crippen MR) is 305 cm³/mol. The van der Waals surface area contributed by atoms with Crippen LogP contribution in [0.15, 0.2) is 97.1 Å². The summed E-state index contributed by atoms with van der Waals surface area (Å²) in [6.45, 7) is 5.25. The van der Waals surface area contributed by atoms with Gasteiger partial charge in [0.2, 0.25) is 53.2 Å². The summed E-state index contributed by atoms with van der Waals surface area (Å²) in [4.78, 5) is 126. The first kappa shape index (κ1) is 63.5. The highest BCUT2D eigenvalue weighted by Gasteiger charge is 2.39. The number of hydrogen-bond donors (Lipinski definition) is 13. The minimum Gasteiger partial charge on any atom is -0.508 e. The molecular weight excluding hydrogens is 1090 g/mol. The number of phenolic OH excluding ortho intramolecular Hbond substituents is 2. The molecule has 0 bridgehead atoms. The Morgan fingerprint density at radius 1 is 0.637 bits per heavy atom. The fourth-order valence-electron chi connectivity index (χ4n) is 8.29. The Hall–Kier alpha value is -7.38. The number of phenols is 2. The van der Waals surface area contributed by atoms with Gasteiger partial charge in [0.25, 0.3) is 0 Å². The number of halogens is 1. The molecule has 22 nitrogen and oxygen atoms in total. The summed E-state index contributed by atoms with van der Waals surface area (Å²) >= 11 is 6.08. The summed E-state index contributed by atoms with van der Waals surface area (Å²) in [5.74, 6) is -7.99. The lowest BCUT2D eigenvalue weighted by Crippen LogP contribution is -2.63. The van der Waals surface area contributed by atoms with Crippen LogP contribution >= 0.6 is 33.2 Å². The van der Waals surface area contributed by atoms with Gasteiger partial charge in [0.15, 0.2) is 0 Å². The van der Waals surface area contributed by atoms with Crippen LogP contribution in [0.5, 0.6) is 11.5 Å². The minimum absolute atomic E-state index is 0.0195. The van der Waals surface area contributed by atoms with E-state index in [4.69, 9.17) is 34.5 Å². The third-order valence-electron chi connectivity index (χ3n) is 12.9. The summed E-state index contributed by atoms with van der Waals surface area (Å²) in [6.07, 6.45) is 0.325. The maximum Gasteiger partial charge on any atom is 0.248 e. The number of unbranched alkanes of at least 4 members (excludes halogenated alkanes) is 1. The first-order valence-electron chi connectivity index (χ1n) is 25.7. The van der Waals surface area contributed by atoms with Crippen molar-refractivity contribution < 1.29 is 53.4 Å². The van der Waals surface area contributed by atoms with Crippen LogP contribution in [0.3, 0.4) is 0 Å². The molecule has 0 saturated carbocycles. The second-order valence-electron chi connectivity index (χ2n) is 20.4. The average Bonchev–Trinajstić information content (AvgIpc) is 3.41. The molecule has 1 aliphatic heterocycles. The van der Waals surface area contributed by atoms with E-state index in [0.29, 0.717) is 40.1 Å². The molecule has 0 radical (unpaired) electrons. The van der Waals surface area contributed by atoms with Crippen LogP contribution in [0.1, 0.15) is 72.6 Å². The highest BCUT2D eigenvalue weighted by molar-refractivity contribution is 8.76. The SMILES string of the molecule is CC(C)(C)C1NC(=O)[C@H](CCCCN)NC(=O)[C@@H](Cc2ccc(C(N)=O)cc2)NC(=O)[C@H](Cc2ccc(O)cc2)NC(=O)[C@H](NC(=O)[C@@H](N)Cc2ccc(Cl)cc2)CSSC[C@@H](C(=O)NC(Cc2ccc(O)cc2)C(N)=O)NC1=O. The van der Waals surface area contributed by atoms with E-state index in [1.165, 1.54) is 72.8 Å². The van der Waals surface area contributed by atoms with Crippen molar-refractivity contribution in [3.05, 3.63) is 130 Å². The van der Waals surface area contributed by atoms with Crippen molar-refractivity contribution in [2.45, 2.75) is 114 Å². The average molecular weight is 1160 g/mol. The molecule has 4 aromatic carbocycles. The van der Waals surface area contributed by atoms with Crippen LogP contribution in [-0.2, 0) is 64.0 Å². The van der Waals surface area contributed by atoms with E-state index in [1.54, 1.807) is 45.0 Å². The molecule has 0 aliphatic carbocycles. The number of primary amides is 2. The molecule has 0 spiro atoms. The second kappa shape index (κ2) is 30.3. The molecule has 0 aromatic heterocycles. The van der Waals surface area contributed by atoms with Crippen LogP contribution in [0.4, 0.5) is 0 Å². The summed E-state index contributed by atoms with van der Waals surface area (Å²) in [5.41, 5.74) is 24.7. The van der Waals surface area contributed by atoms with Crippen molar-refractivity contribution >= 4 is 86.4 Å². The number of benzene rings is 4. The van der Waals surface area contributed by atoms with Crippen LogP contribution < -0.4 is 60.2 Å². The Kier molecular flexibility index (Phi) is 24.0. The van der Waals surface area contributed by atoms with Gasteiger partial charge >= 0.3 is 0 Å². The zero-order chi connectivity index (χ0) is 58.7. The number of nitrogens with two attached hydrogens (primary N) is 4. The van der Waals surface area contributed by atoms with Crippen molar-refractivity contribution in [2.75, 3.05) is 18.1 Å². The molecular formula is C55H70ClN11O11S2. The lowest BCUT2D eigenvalue weighted by Gasteiger charge is -2.33. The Balaban J connectivity index is 1.59. The van der Waals surface area contributed by atoms with E-state index in [-0.39, 0.29) is 67.2 Å². The normalized spacial score (nSPS) is 20.8. The maximum atomic E-state index is 14.8. The molecule has 17 N–H and O–H groups in total. The van der Waals surface area contributed by atoms with Crippen LogP contribution in [-0.4, -0.2) is 130 Å². The Labute approximate surface area is 476 Å². The van der Waals surface area contributed by atoms with Crippen molar-refractivity contribution in [1.82, 2.24) is 37.2 Å². The molecule has 1 fully saturated rings. The lowest BCUT2D eigenvalue weighted by molar-refractivity contribution is -0.136. The van der Waals surface area contributed by atoms with Gasteiger partial charge < -0.3 is 70.4 Å². The number of rotatable bonds is 18. The van der Waals surface area contributed by atoms with Gasteiger partial charge in [0.05, 0.1) is 6.04 Å². The van der Waals surface area contributed by atoms with Crippen LogP contribution in [0.25, 0.3) is 0 Å². The quantitative estimate of drug-likeness (QED) is 0.0486. The smallest absolute Gasteiger partial charge is 0.248 e. The summed E-state index contributed by atoms with van der Waals surface area (Å²) in [6, 6.07) is 13.3. The van der Waals surface area contributed by atoms with Crippen LogP contribution in [0, 0.1) is 5.41 Å². The van der Waals surface area contributed by atoms with E-state index in [1.807, 2.05) is 0 Å². The molecule has 1 heterocycles. The monoisotopic (exact) mass is 1160 g/mol. The number of hydrogen-bond acceptors (Lipinski definition) is 15. The lowest BCUT2D eigenvalue weighted by atomic mass is 9.85. The molecule has 9 amide bonds. The van der Waals surface area contributed by atoms with E-state index < -0.39 is 107 Å². The van der Waals surface area contributed by atoms with Crippen LogP contribution in [0.2, 0.25) is 5.02 Å². The van der Waals surface area contributed by atoms with Crippen molar-refractivity contribution in [1.29, 1.82) is 0 Å². The Bertz CT molecular complexity index is 2810. The van der Waals surface area contributed by atoms with Gasteiger partial charge in [-0.15, -0.1) is 0 Å². The minimum atomic E-state index is -1.47. The number of carbonyl (C=O) groups excluding carboxylic acids is 9. The van der Waals surface area contributed by atoms with Crippen molar-refractivity contribution in [2.24, 2.45) is 28.3 Å². The summed E-state index contributed by atoms with van der Waals surface area (Å²) in [7, 11) is 2.01. The first-order valence-corrected chi connectivity index (χ1v) is 28.6. The van der Waals surface area contributed by atoms with Gasteiger partial charge in [0, 0.05) is 41.4 Å². The number of amides is 9. The molecule has 5 rings (SSSR count). The third-order valence-corrected chi connectivity index (χ3v) is 15.5. The summed E-state index contributed by atoms with van der Waals surface area (Å²) in [5, 5.41) is 39.5. The molecule has 430 valence electrons. The second-order valence-corrected chi connectivity index (χ2v) is 23.4. The highest BCUT2D eigenvalue weighted by atomic mass is 35.5. The van der Waals surface area contributed by atoms with Gasteiger partial charge in [-0.25, -0.2) is 0 Å². The highest BCUT2D eigenvalue weighted by Crippen LogP contribution is 2.26. The van der Waals surface area contributed by atoms with E-state index >= 15 is 0 Å². The molecule has 4 aromatic rings. The fourth-order valence-corrected chi connectivity index (χ4v) is 10.7. The topological polar surface area (TPSA) is 382 Å². The van der Waals surface area contributed by atoms with Gasteiger partial charge in [0.1, 0.15) is 53.8 Å². The van der Waals surface area contributed by atoms with Crippen molar-refractivity contribution in [3.8, 4) is 11.5 Å². The Morgan fingerprint density at radius 3 is 1.66 bits per heavy atom. The van der Waals surface area contributed by atoms with Gasteiger partial charge in [-0.1, -0.05) is 102 Å². The van der Waals surface area contributed by atoms with Gasteiger partial charge in [-0.05, 0) is 108 Å². The number of nitrogens with one attached hydrogen (secondary N) is 7. The number of aromatic hydroxyl groups is 2. The summed E-state index contributed by atoms with van der Waals surface area (Å²) < 4.78 is 0. The van der Waals surface area contributed by atoms with Gasteiger partial charge in [-0.2, -0.15) is 0 Å². The molecule has 25 heteroatoms. The maximum absolute atomic E-state index is 14.8. The number of carbonyl (C=O) groups is 9. The molecule has 1 aliphatic rings. The standard InChI is InChI=1S/C55H70ClN11O11S2/c1-55(2,3)45-54(78)66-44(52(76)62-40(47(60)71)25-32-11-19-36(68)20-12-32)29-80-79-28-43(65-48(72)38(58)24-30-9-17-35(56)18-10-30)53(77)64-42(27-33-13-21-37(69)22-14-33)51(75)63-41(26-31-7-15-34(16-8-31)46(59)70)50(74)61-39(49(73)67-45)6-4-5-23-57/h7-22,38-45,68-69H,4-6,23-29,57-58H2,1-3H3,(H2,59,70)(H2,60,71)(H,61,74)(H,62,76)(H,63,75)(H,64,77)(H,65,72)(H,66,78)(H,67,73)/t38-,39-,40?,41+,42-,43+,44-,45?/m0/s1. The molecule has 8 atom stereocenters. The Morgan fingerprint density at radius 2 is 1.12 bits per heavy atom. The van der Waals surface area contributed by atoms with Gasteiger partial charge in [-0.3, -0.25) is 43.2 Å². The molecule has 2 unspecified atom stereocenters.